The number of ether oxygens (including phenoxy) is 1. The Morgan fingerprint density at radius 3 is 2.62 bits per heavy atom. The van der Waals surface area contributed by atoms with E-state index in [1.165, 1.54) is 18.5 Å². The van der Waals surface area contributed by atoms with E-state index in [1.807, 2.05) is 54.6 Å². The van der Waals surface area contributed by atoms with Crippen LogP contribution in [0.4, 0.5) is 10.1 Å². The lowest BCUT2D eigenvalue weighted by atomic mass is 10.0. The fourth-order valence-electron chi connectivity index (χ4n) is 3.27. The number of carbonyl (C=O) groups is 1. The molecule has 3 aromatic heterocycles. The van der Waals surface area contributed by atoms with Crippen molar-refractivity contribution in [3.05, 3.63) is 97.0 Å². The molecule has 0 aliphatic carbocycles. The second-order valence-electron chi connectivity index (χ2n) is 6.97. The number of fused-ring (bicyclic) bond motifs is 1. The second-order valence-corrected chi connectivity index (χ2v) is 6.97. The number of hydrogen-bond donors (Lipinski definition) is 2. The summed E-state index contributed by atoms with van der Waals surface area (Å²) in [4.78, 5) is 20.8. The number of carbonyl (C=O) groups excluding carboxylic acids is 1. The lowest BCUT2D eigenvalue weighted by molar-refractivity contribution is 0.102. The zero-order chi connectivity index (χ0) is 21.9. The van der Waals surface area contributed by atoms with E-state index in [2.05, 4.69) is 25.5 Å². The fraction of sp³-hybridized carbons (Fsp3) is 0. The Morgan fingerprint density at radius 1 is 0.906 bits per heavy atom. The molecule has 32 heavy (non-hydrogen) atoms. The molecular weight excluding hydrogens is 409 g/mol. The summed E-state index contributed by atoms with van der Waals surface area (Å²) in [5, 5.41) is 10.0. The number of anilines is 1. The van der Waals surface area contributed by atoms with Gasteiger partial charge in [-0.05, 0) is 42.0 Å². The molecule has 0 bridgehead atoms. The van der Waals surface area contributed by atoms with E-state index in [0.29, 0.717) is 22.4 Å². The van der Waals surface area contributed by atoms with Crippen LogP contribution in [0, 0.1) is 5.82 Å². The molecule has 7 nitrogen and oxygen atoms in total. The summed E-state index contributed by atoms with van der Waals surface area (Å²) in [6.07, 6.45) is 5.90. The highest BCUT2D eigenvalue weighted by atomic mass is 19.1. The standard InChI is InChI=1S/C24H16FN5O2/c25-20-8-9-26-14-22(20)28-24(31)23-19-11-15(6-7-21(19)29-30-23)16-10-18(13-27-12-16)32-17-4-2-1-3-5-17/h1-14H,(H,28,31)(H,29,30). The Bertz CT molecular complexity index is 1420. The van der Waals surface area contributed by atoms with Gasteiger partial charge in [0.25, 0.3) is 5.91 Å². The van der Waals surface area contributed by atoms with E-state index in [-0.39, 0.29) is 11.4 Å². The molecule has 0 fully saturated rings. The highest BCUT2D eigenvalue weighted by Gasteiger charge is 2.17. The summed E-state index contributed by atoms with van der Waals surface area (Å²) < 4.78 is 19.7. The van der Waals surface area contributed by atoms with Crippen LogP contribution >= 0.6 is 0 Å². The van der Waals surface area contributed by atoms with E-state index in [1.54, 1.807) is 12.4 Å². The summed E-state index contributed by atoms with van der Waals surface area (Å²) >= 11 is 0. The van der Waals surface area contributed by atoms with Gasteiger partial charge in [-0.3, -0.25) is 19.9 Å². The lowest BCUT2D eigenvalue weighted by Crippen LogP contribution is -2.14. The van der Waals surface area contributed by atoms with E-state index in [9.17, 15) is 9.18 Å². The maximum absolute atomic E-state index is 13.9. The minimum atomic E-state index is -0.574. The monoisotopic (exact) mass is 425 g/mol. The topological polar surface area (TPSA) is 92.8 Å². The number of halogens is 1. The zero-order valence-electron chi connectivity index (χ0n) is 16.6. The van der Waals surface area contributed by atoms with Gasteiger partial charge in [0.1, 0.15) is 17.3 Å². The number of hydrogen-bond acceptors (Lipinski definition) is 5. The van der Waals surface area contributed by atoms with E-state index >= 15 is 0 Å². The van der Waals surface area contributed by atoms with Crippen LogP contribution in [0.2, 0.25) is 0 Å². The number of aromatic nitrogens is 4. The van der Waals surface area contributed by atoms with Gasteiger partial charge in [-0.1, -0.05) is 24.3 Å². The normalized spacial score (nSPS) is 10.8. The number of para-hydroxylation sites is 1. The predicted molar refractivity (Wildman–Crippen MR) is 118 cm³/mol. The van der Waals surface area contributed by atoms with Crippen molar-refractivity contribution in [2.45, 2.75) is 0 Å². The molecule has 5 aromatic rings. The minimum absolute atomic E-state index is 0.0141. The summed E-state index contributed by atoms with van der Waals surface area (Å²) in [5.41, 5.74) is 2.45. The van der Waals surface area contributed by atoms with Crippen LogP contribution in [-0.4, -0.2) is 26.1 Å². The molecular formula is C24H16FN5O2. The number of nitrogens with one attached hydrogen (secondary N) is 2. The Hall–Kier alpha value is -4.59. The maximum Gasteiger partial charge on any atom is 0.276 e. The van der Waals surface area contributed by atoms with Gasteiger partial charge in [-0.15, -0.1) is 0 Å². The molecule has 3 heterocycles. The molecule has 8 heteroatoms. The summed E-state index contributed by atoms with van der Waals surface area (Å²) in [5.74, 6) is 0.180. The molecule has 1 amide bonds. The second kappa shape index (κ2) is 8.27. The van der Waals surface area contributed by atoms with Crippen molar-refractivity contribution < 1.29 is 13.9 Å². The van der Waals surface area contributed by atoms with Gasteiger partial charge in [0.05, 0.1) is 23.6 Å². The van der Waals surface area contributed by atoms with Crippen molar-refractivity contribution in [1.82, 2.24) is 20.2 Å². The molecule has 2 N–H and O–H groups in total. The fourth-order valence-corrected chi connectivity index (χ4v) is 3.27. The highest BCUT2D eigenvalue weighted by Crippen LogP contribution is 2.29. The summed E-state index contributed by atoms with van der Waals surface area (Å²) in [6, 6.07) is 18.0. The highest BCUT2D eigenvalue weighted by molar-refractivity contribution is 6.11. The van der Waals surface area contributed by atoms with Crippen molar-refractivity contribution in [3.8, 4) is 22.6 Å². The third-order valence-electron chi connectivity index (χ3n) is 4.82. The van der Waals surface area contributed by atoms with Crippen LogP contribution in [0.5, 0.6) is 11.5 Å². The SMILES string of the molecule is O=C(Nc1cnccc1F)c1n[nH]c2ccc(-c3cncc(Oc4ccccc4)c3)cc12. The molecule has 0 radical (unpaired) electrons. The van der Waals surface area contributed by atoms with Crippen LogP contribution in [0.3, 0.4) is 0 Å². The third kappa shape index (κ3) is 3.89. The molecule has 0 aliphatic heterocycles. The number of H-pyrrole nitrogens is 1. The van der Waals surface area contributed by atoms with Crippen molar-refractivity contribution in [1.29, 1.82) is 0 Å². The van der Waals surface area contributed by atoms with Crippen molar-refractivity contribution >= 4 is 22.5 Å². The molecule has 0 aliphatic rings. The number of rotatable bonds is 5. The number of nitrogens with zero attached hydrogens (tertiary/aromatic N) is 3. The van der Waals surface area contributed by atoms with Gasteiger partial charge in [0.15, 0.2) is 5.69 Å². The molecule has 156 valence electrons. The smallest absolute Gasteiger partial charge is 0.276 e. The average molecular weight is 425 g/mol. The van der Waals surface area contributed by atoms with Crippen molar-refractivity contribution in [3.63, 3.8) is 0 Å². The lowest BCUT2D eigenvalue weighted by Gasteiger charge is -2.08. The molecule has 0 saturated carbocycles. The molecule has 5 rings (SSSR count). The molecule has 2 aromatic carbocycles. The Balaban J connectivity index is 1.46. The van der Waals surface area contributed by atoms with Crippen LogP contribution in [0.1, 0.15) is 10.5 Å². The van der Waals surface area contributed by atoms with Crippen molar-refractivity contribution in [2.24, 2.45) is 0 Å². The molecule has 0 saturated heterocycles. The number of benzene rings is 2. The van der Waals surface area contributed by atoms with Crippen LogP contribution in [-0.2, 0) is 0 Å². The van der Waals surface area contributed by atoms with E-state index in [0.717, 1.165) is 11.1 Å². The van der Waals surface area contributed by atoms with E-state index in [4.69, 9.17) is 4.74 Å². The zero-order valence-corrected chi connectivity index (χ0v) is 16.6. The first-order chi connectivity index (χ1) is 15.7. The Morgan fingerprint density at radius 2 is 1.78 bits per heavy atom. The van der Waals surface area contributed by atoms with Gasteiger partial charge in [-0.25, -0.2) is 4.39 Å². The van der Waals surface area contributed by atoms with Gasteiger partial charge >= 0.3 is 0 Å². The van der Waals surface area contributed by atoms with Gasteiger partial charge in [-0.2, -0.15) is 5.10 Å². The maximum atomic E-state index is 13.9. The van der Waals surface area contributed by atoms with Crippen LogP contribution in [0.25, 0.3) is 22.0 Å². The number of pyridine rings is 2. The Kier molecular flexibility index (Phi) is 5.01. The molecule has 0 atom stereocenters. The van der Waals surface area contributed by atoms with Gasteiger partial charge in [0.2, 0.25) is 0 Å². The Labute approximate surface area is 181 Å². The number of aromatic amines is 1. The average Bonchev–Trinajstić information content (AvgIpc) is 3.25. The first-order valence-electron chi connectivity index (χ1n) is 9.75. The first-order valence-corrected chi connectivity index (χ1v) is 9.75. The predicted octanol–water partition coefficient (Wildman–Crippen LogP) is 5.20. The van der Waals surface area contributed by atoms with Gasteiger partial charge < -0.3 is 10.1 Å². The third-order valence-corrected chi connectivity index (χ3v) is 4.82. The quantitative estimate of drug-likeness (QED) is 0.404. The van der Waals surface area contributed by atoms with Crippen LogP contribution in [0.15, 0.2) is 85.5 Å². The largest absolute Gasteiger partial charge is 0.456 e. The van der Waals surface area contributed by atoms with Crippen LogP contribution < -0.4 is 10.1 Å². The first kappa shape index (κ1) is 19.4. The summed E-state index contributed by atoms with van der Waals surface area (Å²) in [7, 11) is 0. The van der Waals surface area contributed by atoms with E-state index < -0.39 is 11.7 Å². The minimum Gasteiger partial charge on any atom is -0.456 e. The van der Waals surface area contributed by atoms with Crippen molar-refractivity contribution in [2.75, 3.05) is 5.32 Å². The molecule has 0 unspecified atom stereocenters. The van der Waals surface area contributed by atoms with Gasteiger partial charge in [0, 0.05) is 23.3 Å². The summed E-state index contributed by atoms with van der Waals surface area (Å²) in [6.45, 7) is 0. The molecule has 0 spiro atoms. The number of amides is 1.